The standard InChI is InChI=1S/C22H22N4O2/c1-3-21(27)25-11-10-18(15-25)24(2)22(28)20-14-19-13-17(9-12-26(19)23-20)16-7-5-4-6-8-16/h3-9,12-14,18H,1,10-11,15H2,2H3/t18-/m1/s1. The van der Waals surface area contributed by atoms with Gasteiger partial charge in [-0.15, -0.1) is 0 Å². The van der Waals surface area contributed by atoms with Crippen LogP contribution in [0.5, 0.6) is 0 Å². The van der Waals surface area contributed by atoms with Crippen molar-refractivity contribution < 1.29 is 9.59 Å². The van der Waals surface area contributed by atoms with Crippen molar-refractivity contribution in [2.24, 2.45) is 0 Å². The number of carbonyl (C=O) groups is 2. The van der Waals surface area contributed by atoms with Crippen molar-refractivity contribution in [3.05, 3.63) is 73.1 Å². The van der Waals surface area contributed by atoms with Gasteiger partial charge in [-0.25, -0.2) is 4.52 Å². The van der Waals surface area contributed by atoms with Crippen LogP contribution in [0.15, 0.2) is 67.4 Å². The molecule has 1 saturated heterocycles. The van der Waals surface area contributed by atoms with Gasteiger partial charge in [-0.05, 0) is 41.8 Å². The molecule has 1 aliphatic heterocycles. The van der Waals surface area contributed by atoms with Gasteiger partial charge in [-0.2, -0.15) is 5.10 Å². The van der Waals surface area contributed by atoms with E-state index >= 15 is 0 Å². The lowest BCUT2D eigenvalue weighted by molar-refractivity contribution is -0.125. The summed E-state index contributed by atoms with van der Waals surface area (Å²) in [5.41, 5.74) is 3.47. The van der Waals surface area contributed by atoms with Crippen LogP contribution in [0.3, 0.4) is 0 Å². The molecule has 6 heteroatoms. The minimum absolute atomic E-state index is 0.0129. The van der Waals surface area contributed by atoms with Gasteiger partial charge in [0.1, 0.15) is 0 Å². The molecule has 142 valence electrons. The molecule has 0 aliphatic carbocycles. The number of rotatable bonds is 4. The van der Waals surface area contributed by atoms with E-state index in [0.29, 0.717) is 18.8 Å². The van der Waals surface area contributed by atoms with Crippen LogP contribution < -0.4 is 0 Å². The van der Waals surface area contributed by atoms with Crippen LogP contribution in [-0.4, -0.2) is 57.4 Å². The molecular weight excluding hydrogens is 352 g/mol. The Kier molecular flexibility index (Phi) is 4.69. The average molecular weight is 374 g/mol. The molecule has 0 N–H and O–H groups in total. The van der Waals surface area contributed by atoms with E-state index in [2.05, 4.69) is 23.8 Å². The van der Waals surface area contributed by atoms with E-state index in [9.17, 15) is 9.59 Å². The summed E-state index contributed by atoms with van der Waals surface area (Å²) in [6, 6.07) is 15.9. The van der Waals surface area contributed by atoms with Crippen LogP contribution >= 0.6 is 0 Å². The lowest BCUT2D eigenvalue weighted by Gasteiger charge is -2.23. The molecule has 1 aliphatic rings. The van der Waals surface area contributed by atoms with Gasteiger partial charge in [-0.3, -0.25) is 9.59 Å². The lowest BCUT2D eigenvalue weighted by atomic mass is 10.1. The van der Waals surface area contributed by atoms with E-state index in [1.807, 2.05) is 42.6 Å². The molecular formula is C22H22N4O2. The highest BCUT2D eigenvalue weighted by Gasteiger charge is 2.31. The highest BCUT2D eigenvalue weighted by atomic mass is 16.2. The maximum Gasteiger partial charge on any atom is 0.274 e. The van der Waals surface area contributed by atoms with Gasteiger partial charge in [-0.1, -0.05) is 36.9 Å². The first-order valence-corrected chi connectivity index (χ1v) is 9.30. The Bertz CT molecular complexity index is 1040. The topological polar surface area (TPSA) is 57.9 Å². The Morgan fingerprint density at radius 3 is 2.71 bits per heavy atom. The number of nitrogens with zero attached hydrogens (tertiary/aromatic N) is 4. The maximum absolute atomic E-state index is 12.9. The Hall–Kier alpha value is -3.41. The van der Waals surface area contributed by atoms with Crippen LogP contribution in [0.1, 0.15) is 16.9 Å². The number of likely N-dealkylation sites (N-methyl/N-ethyl adjacent to an activating group) is 1. The first-order valence-electron chi connectivity index (χ1n) is 9.30. The minimum Gasteiger partial charge on any atom is -0.337 e. The number of amides is 2. The number of pyridine rings is 1. The molecule has 1 fully saturated rings. The quantitative estimate of drug-likeness (QED) is 0.660. The van der Waals surface area contributed by atoms with Crippen molar-refractivity contribution in [2.45, 2.75) is 12.5 Å². The molecule has 2 amide bonds. The number of fused-ring (bicyclic) bond motifs is 1. The van der Waals surface area contributed by atoms with Gasteiger partial charge in [0.2, 0.25) is 5.91 Å². The van der Waals surface area contributed by atoms with Crippen molar-refractivity contribution in [3.8, 4) is 11.1 Å². The smallest absolute Gasteiger partial charge is 0.274 e. The second-order valence-corrected chi connectivity index (χ2v) is 7.03. The molecule has 3 heterocycles. The third kappa shape index (κ3) is 3.29. The van der Waals surface area contributed by atoms with Crippen molar-refractivity contribution in [3.63, 3.8) is 0 Å². The summed E-state index contributed by atoms with van der Waals surface area (Å²) in [4.78, 5) is 28.1. The molecule has 0 saturated carbocycles. The number of benzene rings is 1. The van der Waals surface area contributed by atoms with Crippen molar-refractivity contribution in [1.82, 2.24) is 19.4 Å². The van der Waals surface area contributed by atoms with Gasteiger partial charge < -0.3 is 9.80 Å². The normalized spacial score (nSPS) is 16.3. The molecule has 4 rings (SSSR count). The minimum atomic E-state index is -0.136. The third-order valence-corrected chi connectivity index (χ3v) is 5.31. The molecule has 1 aromatic carbocycles. The number of hydrogen-bond donors (Lipinski definition) is 0. The number of carbonyl (C=O) groups excluding carboxylic acids is 2. The summed E-state index contributed by atoms with van der Waals surface area (Å²) in [6.07, 6.45) is 3.94. The average Bonchev–Trinajstić information content (AvgIpc) is 3.39. The van der Waals surface area contributed by atoms with Crippen LogP contribution in [0.4, 0.5) is 0 Å². The maximum atomic E-state index is 12.9. The molecule has 1 atom stereocenters. The summed E-state index contributed by atoms with van der Waals surface area (Å²) in [5.74, 6) is -0.229. The van der Waals surface area contributed by atoms with Gasteiger partial charge in [0, 0.05) is 26.3 Å². The molecule has 2 aromatic heterocycles. The van der Waals surface area contributed by atoms with Crippen LogP contribution in [0, 0.1) is 0 Å². The van der Waals surface area contributed by atoms with Crippen LogP contribution in [0.25, 0.3) is 16.6 Å². The largest absolute Gasteiger partial charge is 0.337 e. The fraction of sp³-hybridized carbons (Fsp3) is 0.227. The third-order valence-electron chi connectivity index (χ3n) is 5.31. The van der Waals surface area contributed by atoms with Crippen molar-refractivity contribution in [2.75, 3.05) is 20.1 Å². The monoisotopic (exact) mass is 374 g/mol. The molecule has 3 aromatic rings. The molecule has 0 radical (unpaired) electrons. The second-order valence-electron chi connectivity index (χ2n) is 7.03. The zero-order valence-electron chi connectivity index (χ0n) is 15.8. The Labute approximate surface area is 163 Å². The Balaban J connectivity index is 1.54. The van der Waals surface area contributed by atoms with Crippen LogP contribution in [0.2, 0.25) is 0 Å². The predicted octanol–water partition coefficient (Wildman–Crippen LogP) is 2.86. The zero-order valence-corrected chi connectivity index (χ0v) is 15.8. The molecule has 28 heavy (non-hydrogen) atoms. The summed E-state index contributed by atoms with van der Waals surface area (Å²) < 4.78 is 1.72. The van der Waals surface area contributed by atoms with Crippen LogP contribution in [-0.2, 0) is 4.79 Å². The number of hydrogen-bond acceptors (Lipinski definition) is 3. The van der Waals surface area contributed by atoms with Crippen molar-refractivity contribution >= 4 is 17.3 Å². The van der Waals surface area contributed by atoms with E-state index in [0.717, 1.165) is 23.1 Å². The Morgan fingerprint density at radius 2 is 1.96 bits per heavy atom. The fourth-order valence-corrected chi connectivity index (χ4v) is 3.64. The fourth-order valence-electron chi connectivity index (χ4n) is 3.64. The number of likely N-dealkylation sites (tertiary alicyclic amines) is 1. The molecule has 0 bridgehead atoms. The predicted molar refractivity (Wildman–Crippen MR) is 108 cm³/mol. The first kappa shape index (κ1) is 18.0. The summed E-state index contributed by atoms with van der Waals surface area (Å²) in [6.45, 7) is 4.69. The van der Waals surface area contributed by atoms with Crippen molar-refractivity contribution in [1.29, 1.82) is 0 Å². The molecule has 6 nitrogen and oxygen atoms in total. The lowest BCUT2D eigenvalue weighted by Crippen LogP contribution is -2.40. The van der Waals surface area contributed by atoms with E-state index in [4.69, 9.17) is 0 Å². The highest BCUT2D eigenvalue weighted by molar-refractivity contribution is 5.94. The van der Waals surface area contributed by atoms with E-state index in [-0.39, 0.29) is 17.9 Å². The number of aromatic nitrogens is 2. The van der Waals surface area contributed by atoms with Gasteiger partial charge >= 0.3 is 0 Å². The molecule has 0 spiro atoms. The SMILES string of the molecule is C=CC(=O)N1CC[C@@H](N(C)C(=O)c2cc3cc(-c4ccccc4)ccn3n2)C1. The van der Waals surface area contributed by atoms with E-state index < -0.39 is 0 Å². The van der Waals surface area contributed by atoms with Gasteiger partial charge in [0.25, 0.3) is 5.91 Å². The van der Waals surface area contributed by atoms with Gasteiger partial charge in [0.05, 0.1) is 11.6 Å². The zero-order chi connectivity index (χ0) is 19.7. The molecule has 0 unspecified atom stereocenters. The van der Waals surface area contributed by atoms with E-state index in [1.54, 1.807) is 21.4 Å². The summed E-state index contributed by atoms with van der Waals surface area (Å²) in [5, 5.41) is 4.44. The van der Waals surface area contributed by atoms with E-state index in [1.165, 1.54) is 6.08 Å². The first-order chi connectivity index (χ1) is 13.6. The summed E-state index contributed by atoms with van der Waals surface area (Å²) >= 11 is 0. The second kappa shape index (κ2) is 7.31. The summed E-state index contributed by atoms with van der Waals surface area (Å²) in [7, 11) is 1.77. The Morgan fingerprint density at radius 1 is 1.18 bits per heavy atom. The van der Waals surface area contributed by atoms with Gasteiger partial charge in [0.15, 0.2) is 5.69 Å². The highest BCUT2D eigenvalue weighted by Crippen LogP contribution is 2.22.